The van der Waals surface area contributed by atoms with Crippen molar-refractivity contribution in [2.45, 2.75) is 41.0 Å². The molecule has 0 radical (unpaired) electrons. The van der Waals surface area contributed by atoms with Crippen molar-refractivity contribution >= 4 is 5.97 Å². The van der Waals surface area contributed by atoms with Crippen LogP contribution < -0.4 is 0 Å². The molecule has 0 saturated carbocycles. The van der Waals surface area contributed by atoms with E-state index in [4.69, 9.17) is 4.74 Å². The van der Waals surface area contributed by atoms with E-state index < -0.39 is 0 Å². The van der Waals surface area contributed by atoms with Gasteiger partial charge in [-0.15, -0.1) is 0 Å². The SMILES string of the molecule is C=C(C)[C@H](CC=C(C)C)COC(=O)C=C(C)C. The van der Waals surface area contributed by atoms with Crippen molar-refractivity contribution in [2.75, 3.05) is 6.61 Å². The van der Waals surface area contributed by atoms with Gasteiger partial charge in [0.25, 0.3) is 0 Å². The Labute approximate surface area is 105 Å². The quantitative estimate of drug-likeness (QED) is 0.395. The number of hydrogen-bond acceptors (Lipinski definition) is 2. The second-order valence-electron chi connectivity index (χ2n) is 4.91. The molecule has 0 aromatic carbocycles. The molecule has 0 heterocycles. The van der Waals surface area contributed by atoms with E-state index in [1.807, 2.05) is 20.8 Å². The van der Waals surface area contributed by atoms with Crippen LogP contribution >= 0.6 is 0 Å². The maximum absolute atomic E-state index is 11.4. The molecule has 0 aliphatic heterocycles. The monoisotopic (exact) mass is 236 g/mol. The average molecular weight is 236 g/mol. The molecular weight excluding hydrogens is 212 g/mol. The molecule has 0 fully saturated rings. The van der Waals surface area contributed by atoms with Crippen LogP contribution in [0.5, 0.6) is 0 Å². The molecule has 96 valence electrons. The topological polar surface area (TPSA) is 26.3 Å². The van der Waals surface area contributed by atoms with Crippen molar-refractivity contribution in [2.24, 2.45) is 5.92 Å². The molecule has 0 aromatic heterocycles. The van der Waals surface area contributed by atoms with E-state index in [1.54, 1.807) is 0 Å². The van der Waals surface area contributed by atoms with Gasteiger partial charge in [-0.3, -0.25) is 0 Å². The van der Waals surface area contributed by atoms with Crippen LogP contribution in [-0.4, -0.2) is 12.6 Å². The lowest BCUT2D eigenvalue weighted by Gasteiger charge is -2.15. The minimum absolute atomic E-state index is 0.208. The number of hydrogen-bond donors (Lipinski definition) is 0. The molecule has 0 N–H and O–H groups in total. The first-order valence-corrected chi connectivity index (χ1v) is 5.93. The van der Waals surface area contributed by atoms with E-state index >= 15 is 0 Å². The maximum Gasteiger partial charge on any atom is 0.330 e. The Kier molecular flexibility index (Phi) is 7.27. The molecule has 0 aromatic rings. The fourth-order valence-electron chi connectivity index (χ4n) is 1.25. The van der Waals surface area contributed by atoms with E-state index in [9.17, 15) is 4.79 Å². The van der Waals surface area contributed by atoms with Gasteiger partial charge in [-0.1, -0.05) is 29.4 Å². The smallest absolute Gasteiger partial charge is 0.330 e. The summed E-state index contributed by atoms with van der Waals surface area (Å²) in [5.74, 6) is -0.0622. The van der Waals surface area contributed by atoms with Crippen LogP contribution in [0.15, 0.2) is 35.5 Å². The third-order valence-electron chi connectivity index (χ3n) is 2.34. The molecule has 0 amide bonds. The first-order chi connectivity index (χ1) is 7.82. The lowest BCUT2D eigenvalue weighted by Crippen LogP contribution is -2.13. The summed E-state index contributed by atoms with van der Waals surface area (Å²) >= 11 is 0. The first-order valence-electron chi connectivity index (χ1n) is 5.93. The highest BCUT2D eigenvalue weighted by molar-refractivity contribution is 5.82. The van der Waals surface area contributed by atoms with E-state index in [0.29, 0.717) is 6.61 Å². The van der Waals surface area contributed by atoms with Crippen LogP contribution in [0.25, 0.3) is 0 Å². The number of carbonyl (C=O) groups is 1. The van der Waals surface area contributed by atoms with Crippen LogP contribution in [-0.2, 0) is 9.53 Å². The summed E-state index contributed by atoms with van der Waals surface area (Å²) < 4.78 is 5.20. The molecule has 0 bridgehead atoms. The third-order valence-corrected chi connectivity index (χ3v) is 2.34. The van der Waals surface area contributed by atoms with Gasteiger partial charge in [-0.25, -0.2) is 4.79 Å². The summed E-state index contributed by atoms with van der Waals surface area (Å²) in [5, 5.41) is 0. The number of rotatable bonds is 6. The fraction of sp³-hybridized carbons (Fsp3) is 0.533. The molecule has 17 heavy (non-hydrogen) atoms. The molecule has 2 heteroatoms. The standard InChI is InChI=1S/C15H24O2/c1-11(2)7-8-14(13(5)6)10-17-15(16)9-12(3)4/h7,9,14H,5,8,10H2,1-4,6H3/t14-/m1/s1. The van der Waals surface area contributed by atoms with E-state index in [1.165, 1.54) is 11.6 Å². The van der Waals surface area contributed by atoms with Crippen molar-refractivity contribution in [3.8, 4) is 0 Å². The van der Waals surface area contributed by atoms with Crippen molar-refractivity contribution in [3.05, 3.63) is 35.5 Å². The van der Waals surface area contributed by atoms with Crippen LogP contribution in [0, 0.1) is 5.92 Å². The molecule has 0 aliphatic carbocycles. The minimum atomic E-state index is -0.270. The van der Waals surface area contributed by atoms with Gasteiger partial charge in [0.1, 0.15) is 0 Å². The van der Waals surface area contributed by atoms with Gasteiger partial charge in [-0.05, 0) is 41.0 Å². The van der Waals surface area contributed by atoms with E-state index in [0.717, 1.165) is 17.6 Å². The summed E-state index contributed by atoms with van der Waals surface area (Å²) in [5.41, 5.74) is 3.27. The lowest BCUT2D eigenvalue weighted by molar-refractivity contribution is -0.138. The zero-order valence-electron chi connectivity index (χ0n) is 11.7. The molecule has 2 nitrogen and oxygen atoms in total. The predicted molar refractivity (Wildman–Crippen MR) is 72.7 cm³/mol. The van der Waals surface area contributed by atoms with Gasteiger partial charge < -0.3 is 4.74 Å². The maximum atomic E-state index is 11.4. The number of allylic oxidation sites excluding steroid dienone is 3. The van der Waals surface area contributed by atoms with Crippen LogP contribution in [0.4, 0.5) is 0 Å². The highest BCUT2D eigenvalue weighted by atomic mass is 16.5. The van der Waals surface area contributed by atoms with Gasteiger partial charge in [0.15, 0.2) is 0 Å². The highest BCUT2D eigenvalue weighted by Crippen LogP contribution is 2.15. The minimum Gasteiger partial charge on any atom is -0.462 e. The Morgan fingerprint density at radius 3 is 2.18 bits per heavy atom. The Hall–Kier alpha value is -1.31. The second-order valence-corrected chi connectivity index (χ2v) is 4.91. The first kappa shape index (κ1) is 15.7. The van der Waals surface area contributed by atoms with Gasteiger partial charge >= 0.3 is 5.97 Å². The summed E-state index contributed by atoms with van der Waals surface area (Å²) in [6, 6.07) is 0. The molecule has 0 unspecified atom stereocenters. The Morgan fingerprint density at radius 2 is 1.76 bits per heavy atom. The number of carbonyl (C=O) groups excluding carboxylic acids is 1. The largest absolute Gasteiger partial charge is 0.462 e. The zero-order valence-corrected chi connectivity index (χ0v) is 11.7. The van der Waals surface area contributed by atoms with Gasteiger partial charge in [-0.2, -0.15) is 0 Å². The van der Waals surface area contributed by atoms with E-state index in [2.05, 4.69) is 26.5 Å². The molecule has 1 atom stereocenters. The average Bonchev–Trinajstić information content (AvgIpc) is 2.15. The van der Waals surface area contributed by atoms with Gasteiger partial charge in [0.2, 0.25) is 0 Å². The molecule has 0 rings (SSSR count). The highest BCUT2D eigenvalue weighted by Gasteiger charge is 2.10. The number of esters is 1. The van der Waals surface area contributed by atoms with Crippen LogP contribution in [0.1, 0.15) is 41.0 Å². The summed E-state index contributed by atoms with van der Waals surface area (Å²) in [4.78, 5) is 11.4. The predicted octanol–water partition coefficient (Wildman–Crippen LogP) is 4.04. The second kappa shape index (κ2) is 7.88. The molecule has 0 saturated heterocycles. The van der Waals surface area contributed by atoms with Gasteiger partial charge in [0.05, 0.1) is 6.61 Å². The number of ether oxygens (including phenoxy) is 1. The Bertz CT molecular complexity index is 327. The normalized spacial score (nSPS) is 11.4. The molecular formula is C15H24O2. The van der Waals surface area contributed by atoms with Crippen molar-refractivity contribution in [3.63, 3.8) is 0 Å². The Morgan fingerprint density at radius 1 is 1.18 bits per heavy atom. The molecule has 0 spiro atoms. The third kappa shape index (κ3) is 8.49. The van der Waals surface area contributed by atoms with Crippen molar-refractivity contribution in [1.82, 2.24) is 0 Å². The Balaban J connectivity index is 4.28. The fourth-order valence-corrected chi connectivity index (χ4v) is 1.25. The zero-order chi connectivity index (χ0) is 13.4. The molecule has 0 aliphatic rings. The lowest BCUT2D eigenvalue weighted by atomic mass is 9.98. The van der Waals surface area contributed by atoms with Crippen LogP contribution in [0.2, 0.25) is 0 Å². The van der Waals surface area contributed by atoms with Crippen molar-refractivity contribution < 1.29 is 9.53 Å². The summed E-state index contributed by atoms with van der Waals surface area (Å²) in [6.45, 7) is 14.2. The summed E-state index contributed by atoms with van der Waals surface area (Å²) in [6.07, 6.45) is 4.53. The summed E-state index contributed by atoms with van der Waals surface area (Å²) in [7, 11) is 0. The van der Waals surface area contributed by atoms with E-state index in [-0.39, 0.29) is 11.9 Å². The van der Waals surface area contributed by atoms with Gasteiger partial charge in [0, 0.05) is 12.0 Å². The van der Waals surface area contributed by atoms with Crippen LogP contribution in [0.3, 0.4) is 0 Å². The van der Waals surface area contributed by atoms with Crippen molar-refractivity contribution in [1.29, 1.82) is 0 Å².